The predicted molar refractivity (Wildman–Crippen MR) is 137 cm³/mol. The number of aromatic nitrogens is 4. The van der Waals surface area contributed by atoms with Crippen LogP contribution in [-0.2, 0) is 0 Å². The van der Waals surface area contributed by atoms with E-state index in [0.717, 1.165) is 34.2 Å². The van der Waals surface area contributed by atoms with Crippen LogP contribution in [0.3, 0.4) is 0 Å². The third-order valence-corrected chi connectivity index (χ3v) is 5.96. The van der Waals surface area contributed by atoms with E-state index in [1.165, 1.54) is 0 Å². The summed E-state index contributed by atoms with van der Waals surface area (Å²) in [6.45, 7) is 6.55. The van der Waals surface area contributed by atoms with Crippen LogP contribution in [-0.4, -0.2) is 56.9 Å². The van der Waals surface area contributed by atoms with Crippen molar-refractivity contribution in [2.45, 2.75) is 13.8 Å². The average Bonchev–Trinajstić information content (AvgIpc) is 2.88. The molecular formula is C27H27N7O. The molecule has 176 valence electrons. The number of nitrogens with one attached hydrogen (secondary N) is 1. The Hall–Kier alpha value is -4.33. The van der Waals surface area contributed by atoms with E-state index in [4.69, 9.17) is 0 Å². The molecule has 8 nitrogen and oxygen atoms in total. The molecule has 0 radical (unpaired) electrons. The van der Waals surface area contributed by atoms with Gasteiger partial charge in [-0.15, -0.1) is 0 Å². The maximum Gasteiger partial charge on any atom is 0.254 e. The normalized spacial score (nSPS) is 13.5. The molecule has 1 aliphatic rings. The summed E-state index contributed by atoms with van der Waals surface area (Å²) in [5.41, 5.74) is 5.17. The topological polar surface area (TPSA) is 87.1 Å². The predicted octanol–water partition coefficient (Wildman–Crippen LogP) is 4.26. The Morgan fingerprint density at radius 2 is 1.57 bits per heavy atom. The smallest absolute Gasteiger partial charge is 0.254 e. The van der Waals surface area contributed by atoms with E-state index in [2.05, 4.69) is 30.2 Å². The Kier molecular flexibility index (Phi) is 6.34. The van der Waals surface area contributed by atoms with Crippen LogP contribution in [0.25, 0.3) is 11.3 Å². The molecule has 0 saturated carbocycles. The first kappa shape index (κ1) is 22.5. The van der Waals surface area contributed by atoms with Crippen molar-refractivity contribution in [3.05, 3.63) is 90.0 Å². The first-order valence-corrected chi connectivity index (χ1v) is 11.7. The number of anilines is 3. The summed E-state index contributed by atoms with van der Waals surface area (Å²) in [6.07, 6.45) is 1.60. The van der Waals surface area contributed by atoms with E-state index < -0.39 is 0 Å². The van der Waals surface area contributed by atoms with E-state index in [0.29, 0.717) is 37.7 Å². The van der Waals surface area contributed by atoms with Crippen molar-refractivity contribution >= 4 is 23.4 Å². The second kappa shape index (κ2) is 9.89. The van der Waals surface area contributed by atoms with E-state index in [1.54, 1.807) is 6.33 Å². The molecule has 2 aromatic carbocycles. The number of nitrogens with zero attached hydrogens (tertiary/aromatic N) is 6. The minimum Gasteiger partial charge on any atom is -0.353 e. The van der Waals surface area contributed by atoms with Crippen molar-refractivity contribution in [3.63, 3.8) is 0 Å². The van der Waals surface area contributed by atoms with E-state index >= 15 is 0 Å². The summed E-state index contributed by atoms with van der Waals surface area (Å²) in [4.78, 5) is 35.0. The van der Waals surface area contributed by atoms with Crippen molar-refractivity contribution in [3.8, 4) is 11.3 Å². The molecule has 1 N–H and O–H groups in total. The largest absolute Gasteiger partial charge is 0.353 e. The molecular weight excluding hydrogens is 438 g/mol. The standard InChI is InChI=1S/C27H27N7O/c1-19-15-20(2)31-27(30-19)32-23-10-6-9-22(16-23)26(35)34-13-11-33(12-14-34)25-17-24(28-18-29-25)21-7-4-3-5-8-21/h3-10,15-18H,11-14H2,1-2H3,(H,30,31,32). The third-order valence-electron chi connectivity index (χ3n) is 5.96. The zero-order valence-electron chi connectivity index (χ0n) is 19.8. The SMILES string of the molecule is Cc1cc(C)nc(Nc2cccc(C(=O)N3CCN(c4cc(-c5ccccc5)ncn4)CC3)c2)n1. The van der Waals surface area contributed by atoms with Crippen molar-refractivity contribution in [2.24, 2.45) is 0 Å². The lowest BCUT2D eigenvalue weighted by Gasteiger charge is -2.35. The quantitative estimate of drug-likeness (QED) is 0.471. The summed E-state index contributed by atoms with van der Waals surface area (Å²) in [5.74, 6) is 1.42. The van der Waals surface area contributed by atoms with Gasteiger partial charge in [-0.2, -0.15) is 0 Å². The van der Waals surface area contributed by atoms with Crippen molar-refractivity contribution in [1.82, 2.24) is 24.8 Å². The van der Waals surface area contributed by atoms with Gasteiger partial charge in [0.2, 0.25) is 5.95 Å². The van der Waals surface area contributed by atoms with Gasteiger partial charge in [0.05, 0.1) is 5.69 Å². The number of piperazine rings is 1. The molecule has 0 bridgehead atoms. The van der Waals surface area contributed by atoms with Gasteiger partial charge in [-0.1, -0.05) is 36.4 Å². The molecule has 0 unspecified atom stereocenters. The van der Waals surface area contributed by atoms with Crippen LogP contribution in [0.4, 0.5) is 17.5 Å². The summed E-state index contributed by atoms with van der Waals surface area (Å²) in [7, 11) is 0. The maximum absolute atomic E-state index is 13.2. The van der Waals surface area contributed by atoms with Gasteiger partial charge in [-0.3, -0.25) is 4.79 Å². The Labute approximate surface area is 204 Å². The Bertz CT molecular complexity index is 1310. The van der Waals surface area contributed by atoms with Crippen LogP contribution in [0.15, 0.2) is 73.1 Å². The van der Waals surface area contributed by atoms with Gasteiger partial charge >= 0.3 is 0 Å². The van der Waals surface area contributed by atoms with Crippen LogP contribution < -0.4 is 10.2 Å². The average molecular weight is 466 g/mol. The molecule has 3 heterocycles. The number of benzene rings is 2. The first-order chi connectivity index (χ1) is 17.0. The minimum atomic E-state index is 0.0160. The van der Waals surface area contributed by atoms with Gasteiger partial charge in [0.1, 0.15) is 12.1 Å². The third kappa shape index (κ3) is 5.27. The number of carbonyl (C=O) groups is 1. The first-order valence-electron chi connectivity index (χ1n) is 11.7. The number of rotatable bonds is 5. The van der Waals surface area contributed by atoms with Crippen molar-refractivity contribution in [2.75, 3.05) is 36.4 Å². The minimum absolute atomic E-state index is 0.0160. The van der Waals surface area contributed by atoms with Crippen molar-refractivity contribution in [1.29, 1.82) is 0 Å². The Morgan fingerprint density at radius 1 is 0.829 bits per heavy atom. The van der Waals surface area contributed by atoms with Gasteiger partial charge in [-0.25, -0.2) is 19.9 Å². The molecule has 1 fully saturated rings. The molecule has 5 rings (SSSR count). The molecule has 1 amide bonds. The molecule has 0 spiro atoms. The van der Waals surface area contributed by atoms with Gasteiger partial charge in [0.15, 0.2) is 0 Å². The Morgan fingerprint density at radius 3 is 2.31 bits per heavy atom. The van der Waals surface area contributed by atoms with Gasteiger partial charge in [-0.05, 0) is 38.1 Å². The molecule has 2 aromatic heterocycles. The van der Waals surface area contributed by atoms with E-state index in [1.807, 2.05) is 85.5 Å². The Balaban J connectivity index is 1.24. The zero-order chi connectivity index (χ0) is 24.2. The van der Waals surface area contributed by atoms with Gasteiger partial charge in [0.25, 0.3) is 5.91 Å². The van der Waals surface area contributed by atoms with E-state index in [9.17, 15) is 4.79 Å². The zero-order valence-corrected chi connectivity index (χ0v) is 19.8. The molecule has 0 atom stereocenters. The van der Waals surface area contributed by atoms with Gasteiger partial charge in [0, 0.05) is 60.4 Å². The molecule has 1 saturated heterocycles. The van der Waals surface area contributed by atoms with E-state index in [-0.39, 0.29) is 5.91 Å². The summed E-state index contributed by atoms with van der Waals surface area (Å²) < 4.78 is 0. The van der Waals surface area contributed by atoms with Gasteiger partial charge < -0.3 is 15.1 Å². The molecule has 35 heavy (non-hydrogen) atoms. The lowest BCUT2D eigenvalue weighted by atomic mass is 10.1. The molecule has 0 aliphatic carbocycles. The molecule has 1 aliphatic heterocycles. The number of aryl methyl sites for hydroxylation is 2. The number of hydrogen-bond acceptors (Lipinski definition) is 7. The lowest BCUT2D eigenvalue weighted by molar-refractivity contribution is 0.0746. The number of amides is 1. The van der Waals surface area contributed by atoms with Crippen LogP contribution in [0, 0.1) is 13.8 Å². The summed E-state index contributed by atoms with van der Waals surface area (Å²) in [5, 5.41) is 3.22. The van der Waals surface area contributed by atoms with Crippen LogP contribution in [0.2, 0.25) is 0 Å². The van der Waals surface area contributed by atoms with Crippen LogP contribution in [0.1, 0.15) is 21.7 Å². The number of carbonyl (C=O) groups excluding carboxylic acids is 1. The highest BCUT2D eigenvalue weighted by Crippen LogP contribution is 2.22. The highest BCUT2D eigenvalue weighted by molar-refractivity contribution is 5.95. The highest BCUT2D eigenvalue weighted by atomic mass is 16.2. The highest BCUT2D eigenvalue weighted by Gasteiger charge is 2.23. The summed E-state index contributed by atoms with van der Waals surface area (Å²) >= 11 is 0. The fourth-order valence-corrected chi connectivity index (χ4v) is 4.25. The second-order valence-corrected chi connectivity index (χ2v) is 8.59. The molecule has 4 aromatic rings. The fraction of sp³-hybridized carbons (Fsp3) is 0.222. The van der Waals surface area contributed by atoms with Crippen LogP contribution >= 0.6 is 0 Å². The van der Waals surface area contributed by atoms with Crippen molar-refractivity contribution < 1.29 is 4.79 Å². The number of hydrogen-bond donors (Lipinski definition) is 1. The monoisotopic (exact) mass is 465 g/mol. The maximum atomic E-state index is 13.2. The molecule has 8 heteroatoms. The van der Waals surface area contributed by atoms with Crippen LogP contribution in [0.5, 0.6) is 0 Å². The second-order valence-electron chi connectivity index (χ2n) is 8.59. The lowest BCUT2D eigenvalue weighted by Crippen LogP contribution is -2.49. The summed E-state index contributed by atoms with van der Waals surface area (Å²) in [6, 6.07) is 21.5. The fourth-order valence-electron chi connectivity index (χ4n) is 4.25.